The molecule has 2 fully saturated rings. The number of nitrogens with two attached hydrogens (primary N) is 2. The minimum atomic E-state index is -0.528. The van der Waals surface area contributed by atoms with Crippen molar-refractivity contribution in [3.8, 4) is 6.26 Å². The molecule has 18 nitrogen and oxygen atoms in total. The molecule has 9 N–H and O–H groups in total. The van der Waals surface area contributed by atoms with E-state index in [1.807, 2.05) is 46.2 Å². The van der Waals surface area contributed by atoms with Crippen LogP contribution in [0.1, 0.15) is 49.7 Å². The normalized spacial score (nSPS) is 16.0. The number of hydrogen-bond donors (Lipinski definition) is 7. The van der Waals surface area contributed by atoms with E-state index in [2.05, 4.69) is 46.5 Å². The minimum Gasteiger partial charge on any atom is -0.812 e. The Hall–Kier alpha value is -5.24. The summed E-state index contributed by atoms with van der Waals surface area (Å²) in [6, 6.07) is 10.8. The van der Waals surface area contributed by atoms with E-state index in [0.717, 1.165) is 72.6 Å². The number of piperidine rings is 2. The molecule has 2 aromatic heterocycles. The molecule has 2 aromatic carbocycles. The second-order valence-electron chi connectivity index (χ2n) is 14.8. The molecule has 0 radical (unpaired) electrons. The number of amides is 4. The molecule has 4 aliphatic rings. The van der Waals surface area contributed by atoms with Crippen LogP contribution in [0.2, 0.25) is 0 Å². The quantitative estimate of drug-likeness (QED) is 0.0887. The molecule has 316 valence electrons. The summed E-state index contributed by atoms with van der Waals surface area (Å²) in [7, 11) is 0. The third-order valence-electron chi connectivity index (χ3n) is 10.7. The predicted molar refractivity (Wildman–Crippen MR) is 219 cm³/mol. The van der Waals surface area contributed by atoms with Gasteiger partial charge in [-0.1, -0.05) is 0 Å². The van der Waals surface area contributed by atoms with E-state index in [0.29, 0.717) is 87.7 Å². The second kappa shape index (κ2) is 22.6. The standard InChI is InChI=1S/C20H24FN7O2.C19H23FN6O.CHNO.K/c21-15-11-24-20(25-14-2-3-16-13(9-14)1-4-17(29)26-16)27-18(15)28-7-5-12(6-8-28)10-23-19(22)30;20-15-11-22-19(25-18(15)26-7-5-12(10-21)6-8-26)23-14-2-3-16-13(9-14)1-4-17(27)24-16;2-1-3;/h2-3,9,11-12H,1,4-8,10H2,(H,26,29)(H3,22,23,30)(H,24,25,27);2-3,9,11-12H,1,4-8,10,21H2,(H,24,27)(H,22,23,25);3H;/q;;;+1/p-1. The predicted octanol–water partition coefficient (Wildman–Crippen LogP) is 0.380. The summed E-state index contributed by atoms with van der Waals surface area (Å²) < 4.78 is 28.7. The van der Waals surface area contributed by atoms with Gasteiger partial charge >= 0.3 is 57.4 Å². The van der Waals surface area contributed by atoms with Gasteiger partial charge in [-0.2, -0.15) is 9.97 Å². The molecule has 0 spiro atoms. The van der Waals surface area contributed by atoms with Crippen molar-refractivity contribution in [3.63, 3.8) is 0 Å². The van der Waals surface area contributed by atoms with Crippen molar-refractivity contribution in [1.29, 1.82) is 5.26 Å². The molecule has 61 heavy (non-hydrogen) atoms. The maximum absolute atomic E-state index is 14.4. The van der Waals surface area contributed by atoms with Crippen LogP contribution in [0.25, 0.3) is 0 Å². The molecule has 4 aliphatic heterocycles. The van der Waals surface area contributed by atoms with Crippen molar-refractivity contribution in [1.82, 2.24) is 25.3 Å². The number of nitrogens with one attached hydrogen (secondary N) is 5. The number of aryl methyl sites for hydroxylation is 2. The van der Waals surface area contributed by atoms with Gasteiger partial charge in [0.2, 0.25) is 23.7 Å². The average molecular weight is 865 g/mol. The molecule has 0 unspecified atom stereocenters. The zero-order chi connectivity index (χ0) is 42.6. The van der Waals surface area contributed by atoms with Gasteiger partial charge in [-0.05, 0) is 104 Å². The van der Waals surface area contributed by atoms with Crippen LogP contribution in [-0.2, 0) is 22.4 Å². The number of nitrogens with zero attached hydrogens (tertiary/aromatic N) is 7. The first-order valence-electron chi connectivity index (χ1n) is 19.7. The third-order valence-corrected chi connectivity index (χ3v) is 10.7. The van der Waals surface area contributed by atoms with Gasteiger partial charge in [0.1, 0.15) is 0 Å². The molecule has 8 rings (SSSR count). The Labute approximate surface area is 394 Å². The van der Waals surface area contributed by atoms with Crippen LogP contribution in [-0.4, -0.2) is 77.0 Å². The molecule has 0 bridgehead atoms. The summed E-state index contributed by atoms with van der Waals surface area (Å²) >= 11 is 0. The van der Waals surface area contributed by atoms with E-state index >= 15 is 0 Å². The first kappa shape index (κ1) is 46.8. The van der Waals surface area contributed by atoms with Crippen molar-refractivity contribution >= 4 is 64.1 Å². The molecule has 0 saturated carbocycles. The number of hydrogen-bond acceptors (Lipinski definition) is 14. The van der Waals surface area contributed by atoms with Crippen molar-refractivity contribution in [2.24, 2.45) is 23.3 Å². The number of anilines is 8. The molecule has 0 atom stereocenters. The van der Waals surface area contributed by atoms with E-state index in [9.17, 15) is 23.2 Å². The summed E-state index contributed by atoms with van der Waals surface area (Å²) in [5, 5.41) is 29.6. The Bertz CT molecular complexity index is 2210. The monoisotopic (exact) mass is 864 g/mol. The molecule has 0 aliphatic carbocycles. The fourth-order valence-electron chi connectivity index (χ4n) is 7.44. The van der Waals surface area contributed by atoms with E-state index in [4.69, 9.17) is 21.8 Å². The Balaban J connectivity index is 0.000000215. The van der Waals surface area contributed by atoms with Crippen molar-refractivity contribution in [2.45, 2.75) is 51.4 Å². The van der Waals surface area contributed by atoms with Crippen molar-refractivity contribution in [2.75, 3.05) is 70.3 Å². The van der Waals surface area contributed by atoms with Gasteiger partial charge in [0.25, 0.3) is 0 Å². The Morgan fingerprint density at radius 1 is 0.787 bits per heavy atom. The minimum absolute atomic E-state index is 0. The first-order valence-corrected chi connectivity index (χ1v) is 19.7. The van der Waals surface area contributed by atoms with Gasteiger partial charge < -0.3 is 53.0 Å². The summed E-state index contributed by atoms with van der Waals surface area (Å²) in [5.41, 5.74) is 16.2. The molecular weight excluding hydrogens is 818 g/mol. The van der Waals surface area contributed by atoms with Crippen LogP contribution < -0.4 is 104 Å². The maximum Gasteiger partial charge on any atom is 1.00 e. The largest absolute Gasteiger partial charge is 1.00 e. The summed E-state index contributed by atoms with van der Waals surface area (Å²) in [4.78, 5) is 54.6. The molecular formula is C40H47F2KN14O4. The summed E-state index contributed by atoms with van der Waals surface area (Å²) in [6.07, 6.45) is 8.69. The third kappa shape index (κ3) is 13.1. The molecule has 6 heterocycles. The van der Waals surface area contributed by atoms with Gasteiger partial charge in [-0.3, -0.25) is 9.59 Å². The Kier molecular flexibility index (Phi) is 17.3. The number of urea groups is 1. The van der Waals surface area contributed by atoms with Crippen LogP contribution in [0.4, 0.5) is 59.9 Å². The number of carbonyl (C=O) groups excluding carboxylic acids is 3. The van der Waals surface area contributed by atoms with Gasteiger partial charge in [0.05, 0.1) is 12.4 Å². The molecule has 2 saturated heterocycles. The van der Waals surface area contributed by atoms with Crippen molar-refractivity contribution in [3.05, 3.63) is 71.6 Å². The van der Waals surface area contributed by atoms with Gasteiger partial charge in [0.15, 0.2) is 23.3 Å². The average Bonchev–Trinajstić information content (AvgIpc) is 3.25. The molecule has 4 aromatic rings. The van der Waals surface area contributed by atoms with Gasteiger partial charge in [0, 0.05) is 74.6 Å². The Morgan fingerprint density at radius 3 is 1.62 bits per heavy atom. The maximum atomic E-state index is 14.4. The number of halogens is 2. The van der Waals surface area contributed by atoms with Crippen molar-refractivity contribution < 1.29 is 79.7 Å². The van der Waals surface area contributed by atoms with E-state index in [1.54, 1.807) is 0 Å². The fraction of sp³-hybridized carbons (Fsp3) is 0.400. The Morgan fingerprint density at radius 2 is 1.21 bits per heavy atom. The van der Waals surface area contributed by atoms with Crippen LogP contribution >= 0.6 is 0 Å². The van der Waals surface area contributed by atoms with E-state index in [1.165, 1.54) is 12.4 Å². The van der Waals surface area contributed by atoms with E-state index in [-0.39, 0.29) is 69.0 Å². The molecule has 4 amide bonds. The number of fused-ring (bicyclic) bond motifs is 2. The summed E-state index contributed by atoms with van der Waals surface area (Å²) in [6.45, 7) is 3.96. The van der Waals surface area contributed by atoms with Crippen LogP contribution in [0.3, 0.4) is 0 Å². The number of benzene rings is 2. The topological polar surface area (TPSA) is 268 Å². The van der Waals surface area contributed by atoms with Crippen LogP contribution in [0, 0.1) is 35.0 Å². The van der Waals surface area contributed by atoms with Gasteiger partial charge in [-0.25, -0.2) is 28.8 Å². The fourth-order valence-corrected chi connectivity index (χ4v) is 7.44. The zero-order valence-electron chi connectivity index (χ0n) is 33.8. The SMILES string of the molecule is N#C[O-].NC(=O)NCC1CCN(c2nc(Nc3ccc4c(c3)CCC(=O)N4)ncc2F)CC1.NCC1CCN(c2nc(Nc3ccc4c(c3)CCC(=O)N4)ncc2F)CC1.[K+]. The first-order chi connectivity index (χ1) is 29.0. The summed E-state index contributed by atoms with van der Waals surface area (Å²) in [5.74, 6) is 1.23. The molecule has 21 heteroatoms. The number of carbonyl (C=O) groups is 3. The van der Waals surface area contributed by atoms with E-state index < -0.39 is 17.7 Å². The van der Waals surface area contributed by atoms with Gasteiger partial charge in [-0.15, -0.1) is 0 Å². The second-order valence-corrected chi connectivity index (χ2v) is 14.8. The smallest absolute Gasteiger partial charge is 0.812 e. The number of rotatable bonds is 9. The number of aromatic nitrogens is 4. The van der Waals surface area contributed by atoms with Crippen LogP contribution in [0.15, 0.2) is 48.8 Å². The number of nitriles is 1. The zero-order valence-corrected chi connectivity index (χ0v) is 37.0. The number of primary amides is 1. The van der Waals surface area contributed by atoms with Crippen LogP contribution in [0.5, 0.6) is 0 Å².